The van der Waals surface area contributed by atoms with Crippen LogP contribution in [0.4, 0.5) is 5.69 Å². The lowest BCUT2D eigenvalue weighted by molar-refractivity contribution is 0.0952. The first-order valence-electron chi connectivity index (χ1n) is 9.33. The number of rotatable bonds is 5. The van der Waals surface area contributed by atoms with E-state index >= 15 is 0 Å². The number of benzene rings is 3. The van der Waals surface area contributed by atoms with Crippen LogP contribution in [0.5, 0.6) is 0 Å². The van der Waals surface area contributed by atoms with Crippen LogP contribution in [0.25, 0.3) is 11.0 Å². The molecule has 0 spiro atoms. The summed E-state index contributed by atoms with van der Waals surface area (Å²) >= 11 is 0. The van der Waals surface area contributed by atoms with E-state index in [4.69, 9.17) is 4.42 Å². The number of nitrogens with one attached hydrogen (secondary N) is 2. The van der Waals surface area contributed by atoms with Crippen LogP contribution in [0.1, 0.15) is 32.0 Å². The van der Waals surface area contributed by atoms with Gasteiger partial charge in [0, 0.05) is 11.9 Å². The van der Waals surface area contributed by atoms with Gasteiger partial charge in [-0.05, 0) is 36.8 Å². The van der Waals surface area contributed by atoms with Crippen molar-refractivity contribution in [2.24, 2.45) is 0 Å². The van der Waals surface area contributed by atoms with Gasteiger partial charge >= 0.3 is 0 Å². The van der Waals surface area contributed by atoms with E-state index in [1.165, 1.54) is 5.56 Å². The summed E-state index contributed by atoms with van der Waals surface area (Å²) in [6.45, 7) is 2.42. The highest BCUT2D eigenvalue weighted by molar-refractivity contribution is 6.09. The fourth-order valence-electron chi connectivity index (χ4n) is 3.05. The topological polar surface area (TPSA) is 71.3 Å². The van der Waals surface area contributed by atoms with Gasteiger partial charge in [-0.3, -0.25) is 9.59 Å². The zero-order valence-corrected chi connectivity index (χ0v) is 15.9. The zero-order valence-electron chi connectivity index (χ0n) is 15.9. The lowest BCUT2D eigenvalue weighted by Gasteiger charge is -2.11. The molecule has 4 rings (SSSR count). The monoisotopic (exact) mass is 384 g/mol. The molecule has 29 heavy (non-hydrogen) atoms. The third-order valence-electron chi connectivity index (χ3n) is 4.64. The number of carbonyl (C=O) groups excluding carboxylic acids is 2. The van der Waals surface area contributed by atoms with Crippen LogP contribution in [-0.4, -0.2) is 11.8 Å². The molecular weight excluding hydrogens is 364 g/mol. The SMILES string of the molecule is Cc1ccc(CNC(=O)c2ccccc2NC(=O)c2cc3ccccc3o2)cc1. The minimum Gasteiger partial charge on any atom is -0.451 e. The lowest BCUT2D eigenvalue weighted by Crippen LogP contribution is -2.24. The molecule has 0 bridgehead atoms. The van der Waals surface area contributed by atoms with Crippen molar-refractivity contribution in [3.05, 3.63) is 101 Å². The van der Waals surface area contributed by atoms with E-state index in [0.29, 0.717) is 23.4 Å². The average Bonchev–Trinajstić information content (AvgIpc) is 3.18. The Hall–Kier alpha value is -3.86. The predicted molar refractivity (Wildman–Crippen MR) is 113 cm³/mol. The molecule has 0 aliphatic carbocycles. The highest BCUT2D eigenvalue weighted by Gasteiger charge is 2.16. The number of para-hydroxylation sites is 2. The molecular formula is C24H20N2O3. The van der Waals surface area contributed by atoms with Crippen molar-refractivity contribution in [3.8, 4) is 0 Å². The number of anilines is 1. The van der Waals surface area contributed by atoms with Gasteiger partial charge in [-0.25, -0.2) is 0 Å². The number of amides is 2. The Bertz CT molecular complexity index is 1140. The summed E-state index contributed by atoms with van der Waals surface area (Å²) in [5.74, 6) is -0.466. The van der Waals surface area contributed by atoms with Crippen molar-refractivity contribution in [2.45, 2.75) is 13.5 Å². The highest BCUT2D eigenvalue weighted by Crippen LogP contribution is 2.21. The zero-order chi connectivity index (χ0) is 20.2. The molecule has 1 heterocycles. The van der Waals surface area contributed by atoms with Crippen LogP contribution in [-0.2, 0) is 6.54 Å². The van der Waals surface area contributed by atoms with Gasteiger partial charge in [0.2, 0.25) is 0 Å². The number of hydrogen-bond acceptors (Lipinski definition) is 3. The van der Waals surface area contributed by atoms with Crippen LogP contribution < -0.4 is 10.6 Å². The first-order valence-corrected chi connectivity index (χ1v) is 9.33. The normalized spacial score (nSPS) is 10.7. The second-order valence-electron chi connectivity index (χ2n) is 6.82. The third kappa shape index (κ3) is 4.19. The molecule has 0 saturated carbocycles. The molecule has 144 valence electrons. The maximum Gasteiger partial charge on any atom is 0.291 e. The smallest absolute Gasteiger partial charge is 0.291 e. The van der Waals surface area contributed by atoms with Gasteiger partial charge in [-0.15, -0.1) is 0 Å². The molecule has 2 amide bonds. The van der Waals surface area contributed by atoms with Gasteiger partial charge in [-0.2, -0.15) is 0 Å². The predicted octanol–water partition coefficient (Wildman–Crippen LogP) is 4.92. The van der Waals surface area contributed by atoms with Crippen molar-refractivity contribution in [2.75, 3.05) is 5.32 Å². The molecule has 0 aliphatic heterocycles. The average molecular weight is 384 g/mol. The van der Waals surface area contributed by atoms with Gasteiger partial charge in [0.1, 0.15) is 5.58 Å². The molecule has 5 heteroatoms. The molecule has 0 saturated heterocycles. The Morgan fingerprint density at radius 1 is 0.862 bits per heavy atom. The maximum atomic E-state index is 12.7. The maximum absolute atomic E-state index is 12.7. The Morgan fingerprint density at radius 3 is 2.38 bits per heavy atom. The van der Waals surface area contributed by atoms with E-state index in [1.54, 1.807) is 36.4 Å². The van der Waals surface area contributed by atoms with Gasteiger partial charge in [-0.1, -0.05) is 60.2 Å². The van der Waals surface area contributed by atoms with Crippen LogP contribution in [0.3, 0.4) is 0 Å². The van der Waals surface area contributed by atoms with Gasteiger partial charge < -0.3 is 15.1 Å². The molecule has 4 aromatic rings. The minimum atomic E-state index is -0.403. The first kappa shape index (κ1) is 18.5. The van der Waals surface area contributed by atoms with Gasteiger partial charge in [0.25, 0.3) is 11.8 Å². The summed E-state index contributed by atoms with van der Waals surface area (Å²) in [5, 5.41) is 6.53. The van der Waals surface area contributed by atoms with Crippen LogP contribution >= 0.6 is 0 Å². The summed E-state index contributed by atoms with van der Waals surface area (Å²) in [5.41, 5.74) is 3.64. The van der Waals surface area contributed by atoms with Crippen molar-refractivity contribution in [3.63, 3.8) is 0 Å². The molecule has 3 aromatic carbocycles. The molecule has 2 N–H and O–H groups in total. The van der Waals surface area contributed by atoms with E-state index in [-0.39, 0.29) is 11.7 Å². The van der Waals surface area contributed by atoms with Crippen LogP contribution in [0.2, 0.25) is 0 Å². The Labute approximate surface area is 168 Å². The lowest BCUT2D eigenvalue weighted by atomic mass is 10.1. The molecule has 0 radical (unpaired) electrons. The largest absolute Gasteiger partial charge is 0.451 e. The van der Waals surface area contributed by atoms with E-state index in [0.717, 1.165) is 10.9 Å². The first-order chi connectivity index (χ1) is 14.1. The van der Waals surface area contributed by atoms with Crippen molar-refractivity contribution < 1.29 is 14.0 Å². The highest BCUT2D eigenvalue weighted by atomic mass is 16.3. The standard InChI is InChI=1S/C24H20N2O3/c1-16-10-12-17(13-11-16)15-25-23(27)19-7-3-4-8-20(19)26-24(28)22-14-18-6-2-5-9-21(18)29-22/h2-14H,15H2,1H3,(H,25,27)(H,26,28). The Balaban J connectivity index is 1.49. The number of aryl methyl sites for hydroxylation is 1. The quantitative estimate of drug-likeness (QED) is 0.513. The Kier molecular flexibility index (Phi) is 5.12. The third-order valence-corrected chi connectivity index (χ3v) is 4.64. The summed E-state index contributed by atoms with van der Waals surface area (Å²) in [7, 11) is 0. The fraction of sp³-hybridized carbons (Fsp3) is 0.0833. The summed E-state index contributed by atoms with van der Waals surface area (Å²) in [4.78, 5) is 25.3. The molecule has 0 aliphatic rings. The van der Waals surface area contributed by atoms with E-state index in [9.17, 15) is 9.59 Å². The van der Waals surface area contributed by atoms with Crippen molar-refractivity contribution >= 4 is 28.5 Å². The summed E-state index contributed by atoms with van der Waals surface area (Å²) < 4.78 is 5.60. The summed E-state index contributed by atoms with van der Waals surface area (Å²) in [6.07, 6.45) is 0. The number of furan rings is 1. The molecule has 1 aromatic heterocycles. The second-order valence-corrected chi connectivity index (χ2v) is 6.82. The minimum absolute atomic E-state index is 0.195. The van der Waals surface area contributed by atoms with Crippen LogP contribution in [0, 0.1) is 6.92 Å². The van der Waals surface area contributed by atoms with Gasteiger partial charge in [0.05, 0.1) is 11.3 Å². The summed E-state index contributed by atoms with van der Waals surface area (Å²) in [6, 6.07) is 24.0. The number of carbonyl (C=O) groups is 2. The van der Waals surface area contributed by atoms with E-state index in [1.807, 2.05) is 49.4 Å². The molecule has 0 atom stereocenters. The second kappa shape index (κ2) is 8.02. The number of fused-ring (bicyclic) bond motifs is 1. The Morgan fingerprint density at radius 2 is 1.59 bits per heavy atom. The van der Waals surface area contributed by atoms with E-state index < -0.39 is 5.91 Å². The number of hydrogen-bond donors (Lipinski definition) is 2. The molecule has 0 unspecified atom stereocenters. The van der Waals surface area contributed by atoms with Crippen LogP contribution in [0.15, 0.2) is 83.3 Å². The molecule has 0 fully saturated rings. The fourth-order valence-corrected chi connectivity index (χ4v) is 3.05. The van der Waals surface area contributed by atoms with Crippen molar-refractivity contribution in [1.29, 1.82) is 0 Å². The van der Waals surface area contributed by atoms with E-state index in [2.05, 4.69) is 10.6 Å². The van der Waals surface area contributed by atoms with Crippen molar-refractivity contribution in [1.82, 2.24) is 5.32 Å². The molecule has 5 nitrogen and oxygen atoms in total. The van der Waals surface area contributed by atoms with Gasteiger partial charge in [0.15, 0.2) is 5.76 Å².